The Labute approximate surface area is 93.8 Å². The number of nitrogens with zero attached hydrogens (tertiary/aromatic N) is 3. The smallest absolute Gasteiger partial charge is 0.270 e. The predicted molar refractivity (Wildman–Crippen MR) is 53.2 cm³/mol. The zero-order chi connectivity index (χ0) is 11.9. The lowest BCUT2D eigenvalue weighted by molar-refractivity contribution is -0.136. The Kier molecular flexibility index (Phi) is 2.53. The summed E-state index contributed by atoms with van der Waals surface area (Å²) in [6.45, 7) is 2.26. The van der Waals surface area contributed by atoms with Crippen LogP contribution in [-0.4, -0.2) is 14.8 Å². The van der Waals surface area contributed by atoms with E-state index in [1.165, 1.54) is 10.9 Å². The van der Waals surface area contributed by atoms with Gasteiger partial charge in [0.15, 0.2) is 5.65 Å². The van der Waals surface area contributed by atoms with Crippen molar-refractivity contribution in [2.24, 2.45) is 0 Å². The molecule has 0 aliphatic rings. The van der Waals surface area contributed by atoms with Crippen molar-refractivity contribution >= 4 is 22.6 Å². The zero-order valence-electron chi connectivity index (χ0n) is 8.22. The molecule has 2 heterocycles. The molecule has 16 heavy (non-hydrogen) atoms. The molecule has 7 heteroatoms. The molecule has 0 aliphatic carbocycles. The molecule has 0 aromatic carbocycles. The minimum Gasteiger partial charge on any atom is -0.270 e. The second-order valence-corrected chi connectivity index (χ2v) is 3.60. The summed E-state index contributed by atoms with van der Waals surface area (Å²) in [7, 11) is 0. The number of fused-ring (bicyclic) bond motifs is 1. The summed E-state index contributed by atoms with van der Waals surface area (Å²) < 4.78 is 39.5. The lowest BCUT2D eigenvalue weighted by atomic mass is 10.2. The van der Waals surface area contributed by atoms with E-state index in [2.05, 4.69) is 10.1 Å². The van der Waals surface area contributed by atoms with Gasteiger partial charge in [-0.05, 0) is 13.0 Å². The predicted octanol–water partition coefficient (Wildman–Crippen LogP) is 3.12. The third-order valence-electron chi connectivity index (χ3n) is 2.14. The number of hydrogen-bond donors (Lipinski definition) is 0. The molecule has 0 unspecified atom stereocenters. The van der Waals surface area contributed by atoms with E-state index in [-0.39, 0.29) is 16.2 Å². The summed E-state index contributed by atoms with van der Waals surface area (Å²) in [5.41, 5.74) is -0.788. The number of pyridine rings is 1. The minimum atomic E-state index is -4.45. The highest BCUT2D eigenvalue weighted by atomic mass is 35.5. The van der Waals surface area contributed by atoms with Crippen LogP contribution in [0.25, 0.3) is 11.0 Å². The van der Waals surface area contributed by atoms with Gasteiger partial charge in [-0.15, -0.1) is 0 Å². The Morgan fingerprint density at radius 2 is 2.12 bits per heavy atom. The second-order valence-electron chi connectivity index (χ2n) is 3.21. The molecule has 2 aromatic rings. The zero-order valence-corrected chi connectivity index (χ0v) is 8.97. The van der Waals surface area contributed by atoms with Crippen molar-refractivity contribution in [3.63, 3.8) is 0 Å². The highest BCUT2D eigenvalue weighted by Crippen LogP contribution is 2.35. The van der Waals surface area contributed by atoms with Gasteiger partial charge in [-0.25, -0.2) is 4.98 Å². The fourth-order valence-electron chi connectivity index (χ4n) is 1.41. The first-order valence-corrected chi connectivity index (χ1v) is 4.90. The van der Waals surface area contributed by atoms with Crippen LogP contribution in [0.5, 0.6) is 0 Å². The minimum absolute atomic E-state index is 0.0154. The molecule has 0 saturated carbocycles. The molecule has 0 radical (unpaired) electrons. The Hall–Kier alpha value is -1.30. The maximum Gasteiger partial charge on any atom is 0.417 e. The van der Waals surface area contributed by atoms with Gasteiger partial charge in [0, 0.05) is 12.7 Å². The molecule has 0 atom stereocenters. The standard InChI is InChI=1S/C9H7ClF3N3/c1-2-16-4-5-6(9(11,12)13)3-7(10)14-8(5)15-16/h3-4H,2H2,1H3. The van der Waals surface area contributed by atoms with Gasteiger partial charge < -0.3 is 0 Å². The summed E-state index contributed by atoms with van der Waals surface area (Å²) in [4.78, 5) is 3.75. The number of aromatic nitrogens is 3. The molecule has 0 saturated heterocycles. The monoisotopic (exact) mass is 249 g/mol. The highest BCUT2D eigenvalue weighted by molar-refractivity contribution is 6.29. The Morgan fingerprint density at radius 3 is 2.69 bits per heavy atom. The molecule has 86 valence electrons. The van der Waals surface area contributed by atoms with Crippen LogP contribution in [0.4, 0.5) is 13.2 Å². The molecule has 0 amide bonds. The molecule has 2 aromatic heterocycles. The Morgan fingerprint density at radius 1 is 1.44 bits per heavy atom. The maximum atomic E-state index is 12.7. The van der Waals surface area contributed by atoms with E-state index in [1.807, 2.05) is 0 Å². The summed E-state index contributed by atoms with van der Waals surface area (Å²) in [5, 5.41) is 3.65. The quantitative estimate of drug-likeness (QED) is 0.727. The van der Waals surface area contributed by atoms with Crippen molar-refractivity contribution < 1.29 is 13.2 Å². The van der Waals surface area contributed by atoms with Gasteiger partial charge in [-0.1, -0.05) is 11.6 Å². The van der Waals surface area contributed by atoms with Crippen LogP contribution < -0.4 is 0 Å². The van der Waals surface area contributed by atoms with Crippen molar-refractivity contribution in [1.82, 2.24) is 14.8 Å². The van der Waals surface area contributed by atoms with Gasteiger partial charge in [-0.2, -0.15) is 18.3 Å². The number of rotatable bonds is 1. The van der Waals surface area contributed by atoms with E-state index in [0.29, 0.717) is 6.54 Å². The first-order valence-electron chi connectivity index (χ1n) is 4.52. The molecule has 2 rings (SSSR count). The lowest BCUT2D eigenvalue weighted by Gasteiger charge is -2.06. The number of halogens is 4. The van der Waals surface area contributed by atoms with Gasteiger partial charge in [0.2, 0.25) is 0 Å². The van der Waals surface area contributed by atoms with Crippen LogP contribution in [0, 0.1) is 0 Å². The average Bonchev–Trinajstić information content (AvgIpc) is 2.57. The molecule has 0 bridgehead atoms. The van der Waals surface area contributed by atoms with Crippen LogP contribution in [0.15, 0.2) is 12.3 Å². The molecular weight excluding hydrogens is 243 g/mol. The van der Waals surface area contributed by atoms with Crippen LogP contribution in [0.3, 0.4) is 0 Å². The third-order valence-corrected chi connectivity index (χ3v) is 2.33. The summed E-state index contributed by atoms with van der Waals surface area (Å²) in [6.07, 6.45) is -3.13. The van der Waals surface area contributed by atoms with Gasteiger partial charge in [-0.3, -0.25) is 4.68 Å². The van der Waals surface area contributed by atoms with Gasteiger partial charge >= 0.3 is 6.18 Å². The molecule has 0 spiro atoms. The van der Waals surface area contributed by atoms with Crippen LogP contribution >= 0.6 is 11.6 Å². The Bertz CT molecular complexity index is 533. The first-order chi connectivity index (χ1) is 7.41. The summed E-state index contributed by atoms with van der Waals surface area (Å²) in [6, 6.07) is 0.811. The molecular formula is C9H7ClF3N3. The highest BCUT2D eigenvalue weighted by Gasteiger charge is 2.34. The van der Waals surface area contributed by atoms with E-state index in [9.17, 15) is 13.2 Å². The largest absolute Gasteiger partial charge is 0.417 e. The van der Waals surface area contributed by atoms with E-state index in [4.69, 9.17) is 11.6 Å². The van der Waals surface area contributed by atoms with E-state index < -0.39 is 11.7 Å². The van der Waals surface area contributed by atoms with Crippen LogP contribution in [0.2, 0.25) is 5.15 Å². The number of alkyl halides is 3. The Balaban J connectivity index is 2.76. The normalized spacial score (nSPS) is 12.3. The molecule has 0 aliphatic heterocycles. The van der Waals surface area contributed by atoms with Crippen LogP contribution in [0.1, 0.15) is 12.5 Å². The number of hydrogen-bond acceptors (Lipinski definition) is 2. The van der Waals surface area contributed by atoms with Gasteiger partial charge in [0.1, 0.15) is 5.15 Å². The topological polar surface area (TPSA) is 30.7 Å². The van der Waals surface area contributed by atoms with Crippen molar-refractivity contribution in [3.8, 4) is 0 Å². The van der Waals surface area contributed by atoms with Crippen molar-refractivity contribution in [2.45, 2.75) is 19.6 Å². The van der Waals surface area contributed by atoms with E-state index in [0.717, 1.165) is 6.07 Å². The van der Waals surface area contributed by atoms with Crippen molar-refractivity contribution in [2.75, 3.05) is 0 Å². The first kappa shape index (κ1) is 11.2. The molecule has 3 nitrogen and oxygen atoms in total. The summed E-state index contributed by atoms with van der Waals surface area (Å²) >= 11 is 5.52. The van der Waals surface area contributed by atoms with Gasteiger partial charge in [0.25, 0.3) is 0 Å². The average molecular weight is 250 g/mol. The molecule has 0 fully saturated rings. The van der Waals surface area contributed by atoms with Crippen molar-refractivity contribution in [3.05, 3.63) is 23.0 Å². The lowest BCUT2D eigenvalue weighted by Crippen LogP contribution is -2.05. The van der Waals surface area contributed by atoms with E-state index in [1.54, 1.807) is 6.92 Å². The fourth-order valence-corrected chi connectivity index (χ4v) is 1.60. The second kappa shape index (κ2) is 3.62. The number of aryl methyl sites for hydroxylation is 1. The maximum absolute atomic E-state index is 12.7. The van der Waals surface area contributed by atoms with Crippen molar-refractivity contribution in [1.29, 1.82) is 0 Å². The SMILES string of the molecule is CCn1cc2c(C(F)(F)F)cc(Cl)nc2n1. The van der Waals surface area contributed by atoms with E-state index >= 15 is 0 Å². The van der Waals surface area contributed by atoms with Crippen LogP contribution in [-0.2, 0) is 12.7 Å². The van der Waals surface area contributed by atoms with Gasteiger partial charge in [0.05, 0.1) is 10.9 Å². The summed E-state index contributed by atoms with van der Waals surface area (Å²) in [5.74, 6) is 0. The molecule has 0 N–H and O–H groups in total. The third kappa shape index (κ3) is 1.84. The fraction of sp³-hybridized carbons (Fsp3) is 0.333.